The van der Waals surface area contributed by atoms with Gasteiger partial charge in [-0.25, -0.2) is 0 Å². The summed E-state index contributed by atoms with van der Waals surface area (Å²) in [6, 6.07) is 80.1. The van der Waals surface area contributed by atoms with Crippen LogP contribution in [0.3, 0.4) is 0 Å². The minimum Gasteiger partial charge on any atom is -0.310 e. The quantitative estimate of drug-likeness (QED) is 0.159. The second-order valence-electron chi connectivity index (χ2n) is 24.7. The molecule has 9 aromatic carbocycles. The van der Waals surface area contributed by atoms with E-state index in [1.807, 2.05) is 0 Å². The van der Waals surface area contributed by atoms with Crippen molar-refractivity contribution in [1.29, 1.82) is 0 Å². The zero-order chi connectivity index (χ0) is 52.4. The molecule has 4 aliphatic carbocycles. The van der Waals surface area contributed by atoms with Crippen LogP contribution in [-0.2, 0) is 21.7 Å². The number of para-hydroxylation sites is 1. The molecule has 2 aliphatic heterocycles. The number of hydrogen-bond donors (Lipinski definition) is 0. The number of thiophene rings is 2. The van der Waals surface area contributed by atoms with E-state index >= 15 is 0 Å². The lowest BCUT2D eigenvalue weighted by molar-refractivity contribution is 0.588. The average molecular weight is 1040 g/mol. The summed E-state index contributed by atoms with van der Waals surface area (Å²) >= 11 is 4.19. The van der Waals surface area contributed by atoms with Crippen molar-refractivity contribution in [2.75, 3.05) is 9.80 Å². The summed E-state index contributed by atoms with van der Waals surface area (Å²) in [4.78, 5) is 8.25. The number of fused-ring (bicyclic) bond motifs is 26. The number of anilines is 6. The molecule has 0 amide bonds. The van der Waals surface area contributed by atoms with Crippen LogP contribution in [0.15, 0.2) is 206 Å². The van der Waals surface area contributed by atoms with Crippen LogP contribution in [0.25, 0.3) is 44.5 Å². The van der Waals surface area contributed by atoms with Crippen LogP contribution in [0.1, 0.15) is 101 Å². The summed E-state index contributed by atoms with van der Waals surface area (Å²) in [5.41, 5.74) is 30.9. The number of nitrogens with zero attached hydrogens (tertiary/aromatic N) is 2. The number of hydrogen-bond acceptors (Lipinski definition) is 4. The van der Waals surface area contributed by atoms with Gasteiger partial charge in [-0.05, 0) is 143 Å². The van der Waals surface area contributed by atoms with Gasteiger partial charge in [-0.15, -0.1) is 22.7 Å². The van der Waals surface area contributed by atoms with Crippen molar-refractivity contribution in [3.05, 3.63) is 266 Å². The van der Waals surface area contributed by atoms with Crippen molar-refractivity contribution >= 4 is 78.5 Å². The van der Waals surface area contributed by atoms with Crippen molar-refractivity contribution in [3.63, 3.8) is 0 Å². The van der Waals surface area contributed by atoms with E-state index in [1.54, 1.807) is 0 Å². The van der Waals surface area contributed by atoms with Gasteiger partial charge in [0.2, 0.25) is 0 Å². The monoisotopic (exact) mass is 1030 g/mol. The highest BCUT2D eigenvalue weighted by Crippen LogP contribution is 2.70. The molecule has 2 aromatic heterocycles. The third-order valence-corrected chi connectivity index (χ3v) is 21.3. The molecule has 2 nitrogen and oxygen atoms in total. The summed E-state index contributed by atoms with van der Waals surface area (Å²) < 4.78 is 2.85. The van der Waals surface area contributed by atoms with E-state index in [9.17, 15) is 0 Å². The van der Waals surface area contributed by atoms with E-state index in [0.29, 0.717) is 0 Å². The molecule has 0 unspecified atom stereocenters. The second-order valence-corrected chi connectivity index (χ2v) is 26.8. The average Bonchev–Trinajstić information content (AvgIpc) is 1.97. The Hall–Kier alpha value is -7.96. The predicted molar refractivity (Wildman–Crippen MR) is 331 cm³/mol. The maximum atomic E-state index is 2.71. The number of benzene rings is 9. The summed E-state index contributed by atoms with van der Waals surface area (Å²) in [5.74, 6) is 0. The lowest BCUT2D eigenvalue weighted by Crippen LogP contribution is -2.59. The normalized spacial score (nSPS) is 15.5. The van der Waals surface area contributed by atoms with Gasteiger partial charge in [-0.2, -0.15) is 0 Å². The molecule has 0 N–H and O–H groups in total. The Morgan fingerprint density at radius 2 is 0.744 bits per heavy atom. The molecule has 0 saturated carbocycles. The Kier molecular flexibility index (Phi) is 8.79. The second kappa shape index (κ2) is 15.2. The number of rotatable bonds is 2. The molecular formula is C73H55BN2S2. The van der Waals surface area contributed by atoms with Gasteiger partial charge in [0.25, 0.3) is 6.71 Å². The molecule has 78 heavy (non-hydrogen) atoms. The van der Waals surface area contributed by atoms with Gasteiger partial charge in [0, 0.05) is 53.2 Å². The van der Waals surface area contributed by atoms with Crippen LogP contribution < -0.4 is 24.8 Å². The molecule has 5 heteroatoms. The van der Waals surface area contributed by atoms with Gasteiger partial charge < -0.3 is 9.80 Å². The van der Waals surface area contributed by atoms with E-state index in [0.717, 1.165) is 0 Å². The van der Waals surface area contributed by atoms with Crippen molar-refractivity contribution in [1.82, 2.24) is 0 Å². The third kappa shape index (κ3) is 5.40. The maximum absolute atomic E-state index is 2.71. The first-order valence-electron chi connectivity index (χ1n) is 27.8. The molecule has 6 aliphatic rings. The van der Waals surface area contributed by atoms with Gasteiger partial charge in [-0.3, -0.25) is 0 Å². The number of aryl methyl sites for hydroxylation is 1. The van der Waals surface area contributed by atoms with Crippen LogP contribution in [0.2, 0.25) is 0 Å². The lowest BCUT2D eigenvalue weighted by atomic mass is 9.39. The zero-order valence-corrected chi connectivity index (χ0v) is 46.6. The van der Waals surface area contributed by atoms with Crippen LogP contribution in [0, 0.1) is 6.92 Å². The minimum absolute atomic E-state index is 0.00460. The van der Waals surface area contributed by atoms with Gasteiger partial charge in [0.15, 0.2) is 0 Å². The first-order valence-corrected chi connectivity index (χ1v) is 29.4. The van der Waals surface area contributed by atoms with Crippen LogP contribution >= 0.6 is 22.7 Å². The van der Waals surface area contributed by atoms with E-state index in [-0.39, 0.29) is 17.5 Å². The van der Waals surface area contributed by atoms with E-state index in [1.165, 1.54) is 153 Å². The largest absolute Gasteiger partial charge is 0.310 e. The van der Waals surface area contributed by atoms with Crippen molar-refractivity contribution in [3.8, 4) is 44.5 Å². The van der Waals surface area contributed by atoms with Gasteiger partial charge in [0.05, 0.1) is 22.2 Å². The SMILES string of the molecule is Cc1cc2c3c(c1)N(c1ccc(C(C)(C)C)cc1)c1c(sc4c1-c1ccc(C(C)(C)C)cc1C41c4ccccc4-c4ccccc41)B3c1sc3c(c1N2c1ccccc1)-c1ccccc1C31c2ccccc2-c2ccccc21. The molecule has 2 spiro atoms. The zero-order valence-electron chi connectivity index (χ0n) is 44.9. The summed E-state index contributed by atoms with van der Waals surface area (Å²) in [7, 11) is 0. The molecule has 0 saturated heterocycles. The fraction of sp³-hybridized carbons (Fsp3) is 0.151. The van der Waals surface area contributed by atoms with Crippen LogP contribution in [0.5, 0.6) is 0 Å². The molecule has 17 rings (SSSR count). The summed E-state index contributed by atoms with van der Waals surface area (Å²) in [6.07, 6.45) is 0. The smallest absolute Gasteiger partial charge is 0.277 e. The van der Waals surface area contributed by atoms with Crippen LogP contribution in [-0.4, -0.2) is 6.71 Å². The summed E-state index contributed by atoms with van der Waals surface area (Å²) in [5, 5.41) is 0. The van der Waals surface area contributed by atoms with Crippen molar-refractivity contribution in [2.45, 2.75) is 70.1 Å². The molecule has 372 valence electrons. The van der Waals surface area contributed by atoms with Crippen molar-refractivity contribution in [2.24, 2.45) is 0 Å². The molecule has 4 heterocycles. The van der Waals surface area contributed by atoms with Gasteiger partial charge in [-0.1, -0.05) is 211 Å². The topological polar surface area (TPSA) is 6.48 Å². The molecule has 0 fully saturated rings. The fourth-order valence-corrected chi connectivity index (χ4v) is 18.8. The first-order chi connectivity index (χ1) is 37.9. The Morgan fingerprint density at radius 1 is 0.372 bits per heavy atom. The third-order valence-electron chi connectivity index (χ3n) is 18.6. The molecule has 0 radical (unpaired) electrons. The Balaban J connectivity index is 1.04. The van der Waals surface area contributed by atoms with Gasteiger partial charge in [0.1, 0.15) is 0 Å². The predicted octanol–water partition coefficient (Wildman–Crippen LogP) is 17.5. The highest BCUT2D eigenvalue weighted by molar-refractivity contribution is 7.37. The van der Waals surface area contributed by atoms with Crippen molar-refractivity contribution < 1.29 is 0 Å². The lowest BCUT2D eigenvalue weighted by Gasteiger charge is -2.43. The van der Waals surface area contributed by atoms with Gasteiger partial charge >= 0.3 is 0 Å². The molecule has 11 aromatic rings. The Morgan fingerprint density at radius 3 is 1.21 bits per heavy atom. The maximum Gasteiger partial charge on any atom is 0.277 e. The molecule has 0 atom stereocenters. The Bertz CT molecular complexity index is 4350. The Labute approximate surface area is 466 Å². The fourth-order valence-electron chi connectivity index (χ4n) is 15.4. The summed E-state index contributed by atoms with van der Waals surface area (Å²) in [6.45, 7) is 16.4. The highest BCUT2D eigenvalue weighted by atomic mass is 32.1. The molecular weight excluding hydrogens is 980 g/mol. The van der Waals surface area contributed by atoms with E-state index in [2.05, 4.69) is 287 Å². The minimum atomic E-state index is -0.515. The standard InChI is InChI=1S/C73H55BN2S2/c1-42-39-59-63-60(40-42)76(46-36-33-43(34-37-46)70(2,3)4)65-62-52-38-35-44(71(5,6)7)41-58(52)73(55-30-18-13-25-49(55)50-26-14-19-31-56(50)73)67(62)78-69(65)74(63)68-64(75(59)45-21-9-8-10-22-45)61-51-27-15-20-32-57(51)72(66(61)77-68)53-28-16-11-23-47(53)48-24-12-17-29-54(48)72/h8-41H,1-7H3. The van der Waals surface area contributed by atoms with E-state index < -0.39 is 10.8 Å². The molecule has 0 bridgehead atoms. The first kappa shape index (κ1) is 45.1. The van der Waals surface area contributed by atoms with E-state index in [4.69, 9.17) is 0 Å². The van der Waals surface area contributed by atoms with Crippen LogP contribution in [0.4, 0.5) is 34.1 Å². The highest BCUT2D eigenvalue weighted by Gasteiger charge is 2.60.